The highest BCUT2D eigenvalue weighted by Gasteiger charge is 2.29. The smallest absolute Gasteiger partial charge is 0.0542 e. The van der Waals surface area contributed by atoms with E-state index in [1.165, 1.54) is 11.3 Å². The molecular weight excluding hydrogens is 222 g/mol. The van der Waals surface area contributed by atoms with Gasteiger partial charge in [0.1, 0.15) is 0 Å². The maximum atomic E-state index is 3.32. The topological polar surface area (TPSA) is 18.5 Å². The number of anilines is 1. The van der Waals surface area contributed by atoms with Crippen molar-refractivity contribution < 1.29 is 0 Å². The van der Waals surface area contributed by atoms with Crippen LogP contribution < -0.4 is 10.2 Å². The van der Waals surface area contributed by atoms with Gasteiger partial charge in [0.05, 0.1) is 6.04 Å². The second-order valence-electron chi connectivity index (χ2n) is 5.49. The summed E-state index contributed by atoms with van der Waals surface area (Å²) in [4.78, 5) is 5.00. The summed E-state index contributed by atoms with van der Waals surface area (Å²) in [5.74, 6) is 0. The number of piperazine rings is 1. The number of aryl methyl sites for hydroxylation is 1. The van der Waals surface area contributed by atoms with Crippen molar-refractivity contribution in [3.63, 3.8) is 0 Å². The number of hydrogen-bond acceptors (Lipinski definition) is 3. The minimum Gasteiger partial charge on any atom is -0.364 e. The van der Waals surface area contributed by atoms with E-state index < -0.39 is 0 Å². The Bertz CT molecular complexity index is 391. The van der Waals surface area contributed by atoms with Crippen LogP contribution in [0.1, 0.15) is 12.5 Å². The summed E-state index contributed by atoms with van der Waals surface area (Å²) < 4.78 is 0. The van der Waals surface area contributed by atoms with Crippen molar-refractivity contribution in [3.05, 3.63) is 29.8 Å². The molecule has 1 N–H and O–H groups in total. The van der Waals surface area contributed by atoms with E-state index in [2.05, 4.69) is 60.3 Å². The molecule has 2 unspecified atom stereocenters. The molecule has 1 aliphatic rings. The van der Waals surface area contributed by atoms with Crippen molar-refractivity contribution in [3.8, 4) is 0 Å². The SMILES string of the molecule is CNCC1CN(C)C(C)CN1c1cccc(C)c1. The summed E-state index contributed by atoms with van der Waals surface area (Å²) in [5.41, 5.74) is 2.69. The molecule has 1 heterocycles. The van der Waals surface area contributed by atoms with Crippen LogP contribution in [0.15, 0.2) is 24.3 Å². The van der Waals surface area contributed by atoms with Crippen molar-refractivity contribution in [2.45, 2.75) is 25.9 Å². The number of nitrogens with one attached hydrogen (secondary N) is 1. The van der Waals surface area contributed by atoms with Gasteiger partial charge in [-0.1, -0.05) is 12.1 Å². The normalized spacial score (nSPS) is 25.4. The van der Waals surface area contributed by atoms with Gasteiger partial charge < -0.3 is 10.2 Å². The van der Waals surface area contributed by atoms with E-state index in [0.29, 0.717) is 12.1 Å². The van der Waals surface area contributed by atoms with E-state index in [9.17, 15) is 0 Å². The van der Waals surface area contributed by atoms with Crippen molar-refractivity contribution in [2.24, 2.45) is 0 Å². The van der Waals surface area contributed by atoms with Crippen molar-refractivity contribution in [1.29, 1.82) is 0 Å². The average Bonchev–Trinajstić information content (AvgIpc) is 2.34. The first-order chi connectivity index (χ1) is 8.61. The fourth-order valence-corrected chi connectivity index (χ4v) is 2.72. The van der Waals surface area contributed by atoms with Crippen LogP contribution in [0.3, 0.4) is 0 Å². The van der Waals surface area contributed by atoms with E-state index in [1.54, 1.807) is 0 Å². The van der Waals surface area contributed by atoms with Crippen molar-refractivity contribution >= 4 is 5.69 Å². The first-order valence-electron chi connectivity index (χ1n) is 6.80. The van der Waals surface area contributed by atoms with Crippen molar-refractivity contribution in [1.82, 2.24) is 10.2 Å². The van der Waals surface area contributed by atoms with Gasteiger partial charge in [-0.05, 0) is 45.6 Å². The summed E-state index contributed by atoms with van der Waals surface area (Å²) in [7, 11) is 4.26. The molecule has 1 fully saturated rings. The molecule has 1 aromatic rings. The lowest BCUT2D eigenvalue weighted by Crippen LogP contribution is -2.58. The van der Waals surface area contributed by atoms with Gasteiger partial charge in [0.25, 0.3) is 0 Å². The molecule has 100 valence electrons. The average molecular weight is 247 g/mol. The van der Waals surface area contributed by atoms with Gasteiger partial charge in [0.2, 0.25) is 0 Å². The third kappa shape index (κ3) is 2.85. The molecule has 0 aliphatic carbocycles. The Morgan fingerprint density at radius 1 is 1.33 bits per heavy atom. The van der Waals surface area contributed by atoms with E-state index in [4.69, 9.17) is 0 Å². The molecule has 0 spiro atoms. The Kier molecular flexibility index (Phi) is 4.25. The zero-order valence-electron chi connectivity index (χ0n) is 12.0. The number of hydrogen-bond donors (Lipinski definition) is 1. The van der Waals surface area contributed by atoms with E-state index in [1.807, 2.05) is 7.05 Å². The summed E-state index contributed by atoms with van der Waals surface area (Å²) in [6.07, 6.45) is 0. The molecule has 0 bridgehead atoms. The zero-order valence-corrected chi connectivity index (χ0v) is 12.0. The molecule has 0 amide bonds. The lowest BCUT2D eigenvalue weighted by molar-refractivity contribution is 0.199. The van der Waals surface area contributed by atoms with E-state index >= 15 is 0 Å². The minimum absolute atomic E-state index is 0.554. The fraction of sp³-hybridized carbons (Fsp3) is 0.600. The summed E-state index contributed by atoms with van der Waals surface area (Å²) >= 11 is 0. The standard InChI is InChI=1S/C15H25N3/c1-12-6-5-7-14(8-12)18-10-13(2)17(4)11-15(18)9-16-3/h5-8,13,15-16H,9-11H2,1-4H3. The molecule has 2 atom stereocenters. The van der Waals surface area contributed by atoms with Crippen LogP contribution in [-0.2, 0) is 0 Å². The highest BCUT2D eigenvalue weighted by Crippen LogP contribution is 2.23. The quantitative estimate of drug-likeness (QED) is 0.877. The number of rotatable bonds is 3. The Hall–Kier alpha value is -1.06. The molecule has 3 nitrogen and oxygen atoms in total. The lowest BCUT2D eigenvalue weighted by atomic mass is 10.1. The Labute approximate surface area is 111 Å². The molecule has 1 aliphatic heterocycles. The summed E-state index contributed by atoms with van der Waals surface area (Å²) in [6.45, 7) is 7.72. The molecule has 0 radical (unpaired) electrons. The van der Waals surface area contributed by atoms with Gasteiger partial charge in [0.15, 0.2) is 0 Å². The number of benzene rings is 1. The first kappa shape index (κ1) is 13.4. The molecule has 3 heteroatoms. The van der Waals surface area contributed by atoms with E-state index in [-0.39, 0.29) is 0 Å². The second-order valence-corrected chi connectivity index (χ2v) is 5.49. The van der Waals surface area contributed by atoms with Crippen LogP contribution in [0, 0.1) is 6.92 Å². The predicted octanol–water partition coefficient (Wildman–Crippen LogP) is 1.72. The number of likely N-dealkylation sites (N-methyl/N-ethyl adjacent to an activating group) is 2. The van der Waals surface area contributed by atoms with Gasteiger partial charge in [0, 0.05) is 31.4 Å². The maximum absolute atomic E-state index is 3.32. The number of nitrogens with zero attached hydrogens (tertiary/aromatic N) is 2. The van der Waals surface area contributed by atoms with Crippen LogP contribution >= 0.6 is 0 Å². The molecule has 0 aromatic heterocycles. The van der Waals surface area contributed by atoms with Gasteiger partial charge in [-0.25, -0.2) is 0 Å². The third-order valence-electron chi connectivity index (χ3n) is 3.93. The van der Waals surface area contributed by atoms with Crippen LogP contribution in [-0.4, -0.2) is 50.7 Å². The van der Waals surface area contributed by atoms with Gasteiger partial charge in [-0.2, -0.15) is 0 Å². The summed E-state index contributed by atoms with van der Waals surface area (Å²) in [6, 6.07) is 10.0. The third-order valence-corrected chi connectivity index (χ3v) is 3.93. The first-order valence-corrected chi connectivity index (χ1v) is 6.80. The fourth-order valence-electron chi connectivity index (χ4n) is 2.72. The molecule has 0 saturated carbocycles. The minimum atomic E-state index is 0.554. The monoisotopic (exact) mass is 247 g/mol. The van der Waals surface area contributed by atoms with E-state index in [0.717, 1.165) is 19.6 Å². The van der Waals surface area contributed by atoms with Crippen LogP contribution in [0.5, 0.6) is 0 Å². The molecule has 1 aromatic carbocycles. The maximum Gasteiger partial charge on any atom is 0.0542 e. The molecule has 18 heavy (non-hydrogen) atoms. The van der Waals surface area contributed by atoms with Crippen LogP contribution in [0.2, 0.25) is 0 Å². The predicted molar refractivity (Wildman–Crippen MR) is 78.3 cm³/mol. The Morgan fingerprint density at radius 2 is 2.11 bits per heavy atom. The summed E-state index contributed by atoms with van der Waals surface area (Å²) in [5, 5.41) is 3.32. The Morgan fingerprint density at radius 3 is 2.78 bits per heavy atom. The highest BCUT2D eigenvalue weighted by molar-refractivity contribution is 5.50. The van der Waals surface area contributed by atoms with Crippen LogP contribution in [0.4, 0.5) is 5.69 Å². The van der Waals surface area contributed by atoms with Crippen LogP contribution in [0.25, 0.3) is 0 Å². The van der Waals surface area contributed by atoms with Gasteiger partial charge >= 0.3 is 0 Å². The molecule has 2 rings (SSSR count). The largest absolute Gasteiger partial charge is 0.364 e. The molecular formula is C15H25N3. The Balaban J connectivity index is 2.22. The second kappa shape index (κ2) is 5.72. The van der Waals surface area contributed by atoms with Gasteiger partial charge in [-0.15, -0.1) is 0 Å². The zero-order chi connectivity index (χ0) is 13.1. The highest BCUT2D eigenvalue weighted by atomic mass is 15.3. The lowest BCUT2D eigenvalue weighted by Gasteiger charge is -2.45. The molecule has 1 saturated heterocycles. The van der Waals surface area contributed by atoms with Crippen molar-refractivity contribution in [2.75, 3.05) is 38.6 Å². The van der Waals surface area contributed by atoms with Gasteiger partial charge in [-0.3, -0.25) is 4.90 Å².